The Hall–Kier alpha value is -0.740. The number of halogens is 2. The summed E-state index contributed by atoms with van der Waals surface area (Å²) in [6.45, 7) is 6.17. The van der Waals surface area contributed by atoms with Gasteiger partial charge in [-0.15, -0.1) is 12.4 Å². The number of methoxy groups -OCH3 is 1. The Kier molecular flexibility index (Phi) is 6.57. The number of nitrogens with one attached hydrogen (secondary N) is 1. The summed E-state index contributed by atoms with van der Waals surface area (Å²) < 4.78 is 6.25. The first kappa shape index (κ1) is 16.3. The van der Waals surface area contributed by atoms with E-state index in [1.54, 1.807) is 13.3 Å². The molecule has 0 atom stereocenters. The summed E-state index contributed by atoms with van der Waals surface area (Å²) in [6, 6.07) is 5.81. The van der Waals surface area contributed by atoms with E-state index in [1.807, 2.05) is 18.2 Å². The van der Waals surface area contributed by atoms with Crippen LogP contribution in [-0.4, -0.2) is 18.9 Å². The third-order valence-corrected chi connectivity index (χ3v) is 2.29. The fraction of sp³-hybridized carbons (Fsp3) is 0.417. The van der Waals surface area contributed by atoms with Gasteiger partial charge in [0.25, 0.3) is 0 Å². The fourth-order valence-corrected chi connectivity index (χ4v) is 1.48. The topological polar surface area (TPSA) is 33.6 Å². The van der Waals surface area contributed by atoms with Crippen LogP contribution in [0.15, 0.2) is 27.8 Å². The minimum atomic E-state index is -0.0320. The second-order valence-electron chi connectivity index (χ2n) is 4.51. The third-order valence-electron chi connectivity index (χ3n) is 1.80. The highest BCUT2D eigenvalue weighted by molar-refractivity contribution is 9.10. The molecule has 1 aromatic rings. The van der Waals surface area contributed by atoms with Crippen molar-refractivity contribution in [3.8, 4) is 5.75 Å². The molecule has 1 aromatic carbocycles. The molecular weight excluding hydrogens is 304 g/mol. The molecule has 0 aliphatic rings. The average Bonchev–Trinajstić information content (AvgIpc) is 2.16. The number of hydrogen-bond acceptors (Lipinski definition) is 3. The van der Waals surface area contributed by atoms with E-state index in [2.05, 4.69) is 47.2 Å². The van der Waals surface area contributed by atoms with Crippen LogP contribution in [0.3, 0.4) is 0 Å². The van der Waals surface area contributed by atoms with Gasteiger partial charge in [-0.1, -0.05) is 15.9 Å². The Morgan fingerprint density at radius 2 is 2.00 bits per heavy atom. The van der Waals surface area contributed by atoms with Gasteiger partial charge in [0.05, 0.1) is 13.3 Å². The number of hydrazone groups is 1. The van der Waals surface area contributed by atoms with E-state index < -0.39 is 0 Å². The van der Waals surface area contributed by atoms with Crippen molar-refractivity contribution in [3.05, 3.63) is 28.2 Å². The molecule has 0 radical (unpaired) electrons. The van der Waals surface area contributed by atoms with E-state index in [1.165, 1.54) is 0 Å². The molecule has 0 saturated carbocycles. The zero-order chi connectivity index (χ0) is 12.2. The van der Waals surface area contributed by atoms with Gasteiger partial charge in [0, 0.05) is 15.6 Å². The standard InChI is InChI=1S/C12H17BrN2O.ClH/c1-12(2,3)15-14-8-9-7-10(13)5-6-11(9)16-4;/h5-8,15H,1-4H3;1H/b14-8+;. The van der Waals surface area contributed by atoms with Gasteiger partial charge in [0.1, 0.15) is 5.75 Å². The van der Waals surface area contributed by atoms with Crippen molar-refractivity contribution in [2.45, 2.75) is 26.3 Å². The lowest BCUT2D eigenvalue weighted by Gasteiger charge is -2.17. The maximum atomic E-state index is 5.24. The van der Waals surface area contributed by atoms with E-state index in [0.29, 0.717) is 0 Å². The van der Waals surface area contributed by atoms with Gasteiger partial charge in [-0.3, -0.25) is 0 Å². The lowest BCUT2D eigenvalue weighted by Crippen LogP contribution is -2.31. The second kappa shape index (κ2) is 6.87. The van der Waals surface area contributed by atoms with Crippen LogP contribution in [0.25, 0.3) is 0 Å². The molecule has 0 heterocycles. The normalized spacial score (nSPS) is 11.1. The molecule has 0 unspecified atom stereocenters. The van der Waals surface area contributed by atoms with E-state index in [-0.39, 0.29) is 17.9 Å². The Morgan fingerprint density at radius 3 is 2.53 bits per heavy atom. The SMILES string of the molecule is COc1ccc(Br)cc1/C=N/NC(C)(C)C.Cl. The molecule has 0 aromatic heterocycles. The molecule has 1 rings (SSSR count). The van der Waals surface area contributed by atoms with Crippen molar-refractivity contribution in [3.63, 3.8) is 0 Å². The van der Waals surface area contributed by atoms with Crippen LogP contribution in [-0.2, 0) is 0 Å². The van der Waals surface area contributed by atoms with Crippen LogP contribution in [0.1, 0.15) is 26.3 Å². The maximum absolute atomic E-state index is 5.24. The quantitative estimate of drug-likeness (QED) is 0.681. The van der Waals surface area contributed by atoms with Crippen molar-refractivity contribution in [2.24, 2.45) is 5.10 Å². The predicted molar refractivity (Wildman–Crippen MR) is 78.4 cm³/mol. The Morgan fingerprint density at radius 1 is 1.35 bits per heavy atom. The molecule has 0 fully saturated rings. The number of hydrogen-bond donors (Lipinski definition) is 1. The van der Waals surface area contributed by atoms with Crippen LogP contribution in [0.2, 0.25) is 0 Å². The van der Waals surface area contributed by atoms with Gasteiger partial charge < -0.3 is 10.2 Å². The molecule has 0 spiro atoms. The van der Waals surface area contributed by atoms with Gasteiger partial charge in [-0.05, 0) is 39.0 Å². The van der Waals surface area contributed by atoms with Crippen molar-refractivity contribution in [1.29, 1.82) is 0 Å². The number of nitrogens with zero attached hydrogens (tertiary/aromatic N) is 1. The Bertz CT molecular complexity index is 389. The average molecular weight is 322 g/mol. The lowest BCUT2D eigenvalue weighted by molar-refractivity contribution is 0.413. The lowest BCUT2D eigenvalue weighted by atomic mass is 10.1. The van der Waals surface area contributed by atoms with Gasteiger partial charge in [0.2, 0.25) is 0 Å². The van der Waals surface area contributed by atoms with Crippen molar-refractivity contribution >= 4 is 34.6 Å². The summed E-state index contributed by atoms with van der Waals surface area (Å²) in [5.41, 5.74) is 3.95. The first-order valence-electron chi connectivity index (χ1n) is 5.06. The summed E-state index contributed by atoms with van der Waals surface area (Å²) in [6.07, 6.45) is 1.76. The highest BCUT2D eigenvalue weighted by Crippen LogP contribution is 2.21. The highest BCUT2D eigenvalue weighted by atomic mass is 79.9. The van der Waals surface area contributed by atoms with Crippen molar-refractivity contribution in [1.82, 2.24) is 5.43 Å². The van der Waals surface area contributed by atoms with Crippen molar-refractivity contribution in [2.75, 3.05) is 7.11 Å². The van der Waals surface area contributed by atoms with Crippen LogP contribution < -0.4 is 10.2 Å². The molecule has 96 valence electrons. The number of rotatable bonds is 3. The molecule has 0 saturated heterocycles. The second-order valence-corrected chi connectivity index (χ2v) is 5.42. The minimum absolute atomic E-state index is 0. The molecule has 0 amide bonds. The minimum Gasteiger partial charge on any atom is -0.496 e. The largest absolute Gasteiger partial charge is 0.496 e. The molecule has 0 bridgehead atoms. The van der Waals surface area contributed by atoms with E-state index >= 15 is 0 Å². The molecule has 5 heteroatoms. The highest BCUT2D eigenvalue weighted by Gasteiger charge is 2.06. The molecule has 1 N–H and O–H groups in total. The Labute approximate surface area is 117 Å². The summed E-state index contributed by atoms with van der Waals surface area (Å²) in [5.74, 6) is 0.808. The molecule has 0 aliphatic carbocycles. The first-order valence-corrected chi connectivity index (χ1v) is 5.85. The Balaban J connectivity index is 0.00000256. The zero-order valence-electron chi connectivity index (χ0n) is 10.5. The monoisotopic (exact) mass is 320 g/mol. The summed E-state index contributed by atoms with van der Waals surface area (Å²) >= 11 is 3.42. The van der Waals surface area contributed by atoms with E-state index in [4.69, 9.17) is 4.74 Å². The van der Waals surface area contributed by atoms with Gasteiger partial charge in [0.15, 0.2) is 0 Å². The van der Waals surface area contributed by atoms with Crippen LogP contribution in [0, 0.1) is 0 Å². The number of benzene rings is 1. The van der Waals surface area contributed by atoms with Crippen molar-refractivity contribution < 1.29 is 4.74 Å². The summed E-state index contributed by atoms with van der Waals surface area (Å²) in [4.78, 5) is 0. The number of ether oxygens (including phenoxy) is 1. The molecule has 17 heavy (non-hydrogen) atoms. The van der Waals surface area contributed by atoms with Gasteiger partial charge in [-0.2, -0.15) is 5.10 Å². The fourth-order valence-electron chi connectivity index (χ4n) is 1.10. The zero-order valence-corrected chi connectivity index (χ0v) is 12.9. The predicted octanol–water partition coefficient (Wildman–Crippen LogP) is 3.60. The smallest absolute Gasteiger partial charge is 0.127 e. The van der Waals surface area contributed by atoms with E-state index in [0.717, 1.165) is 15.8 Å². The maximum Gasteiger partial charge on any atom is 0.127 e. The van der Waals surface area contributed by atoms with Crippen LogP contribution in [0.5, 0.6) is 5.75 Å². The van der Waals surface area contributed by atoms with Gasteiger partial charge in [-0.25, -0.2) is 0 Å². The molecular formula is C12H18BrClN2O. The third kappa shape index (κ3) is 5.94. The summed E-state index contributed by atoms with van der Waals surface area (Å²) in [5, 5.41) is 4.19. The molecule has 3 nitrogen and oxygen atoms in total. The summed E-state index contributed by atoms with van der Waals surface area (Å²) in [7, 11) is 1.65. The van der Waals surface area contributed by atoms with Crippen LogP contribution in [0.4, 0.5) is 0 Å². The first-order chi connectivity index (χ1) is 7.42. The van der Waals surface area contributed by atoms with Crippen LogP contribution >= 0.6 is 28.3 Å². The van der Waals surface area contributed by atoms with Gasteiger partial charge >= 0.3 is 0 Å². The molecule has 0 aliphatic heterocycles. The van der Waals surface area contributed by atoms with E-state index in [9.17, 15) is 0 Å².